The second kappa shape index (κ2) is 4.01. The third-order valence-electron chi connectivity index (χ3n) is 1.54. The van der Waals surface area contributed by atoms with E-state index in [1.807, 2.05) is 13.0 Å². The van der Waals surface area contributed by atoms with Crippen molar-refractivity contribution in [1.82, 2.24) is 0 Å². The fraction of sp³-hybridized carbons (Fsp3) is 0.375. The molecule has 0 spiro atoms. The molecule has 0 saturated heterocycles. The van der Waals surface area contributed by atoms with E-state index in [2.05, 4.69) is 5.32 Å². The Morgan fingerprint density at radius 2 is 2.38 bits per heavy atom. The van der Waals surface area contributed by atoms with Crippen molar-refractivity contribution >= 4 is 22.0 Å². The summed E-state index contributed by atoms with van der Waals surface area (Å²) in [5.74, 6) is 0.573. The summed E-state index contributed by atoms with van der Waals surface area (Å²) < 4.78 is 5.08. The SMILES string of the molecule is CCNc1sc(C#N)c(N)c1OC. The van der Waals surface area contributed by atoms with Crippen LogP contribution in [0, 0.1) is 11.3 Å². The molecule has 0 aliphatic rings. The Balaban J connectivity index is 3.13. The number of rotatable bonds is 3. The molecule has 0 unspecified atom stereocenters. The van der Waals surface area contributed by atoms with Crippen LogP contribution in [0.5, 0.6) is 5.75 Å². The second-order valence-electron chi connectivity index (χ2n) is 2.35. The maximum atomic E-state index is 8.72. The van der Waals surface area contributed by atoms with E-state index in [1.165, 1.54) is 11.3 Å². The fourth-order valence-electron chi connectivity index (χ4n) is 0.991. The van der Waals surface area contributed by atoms with Crippen molar-refractivity contribution in [3.8, 4) is 11.8 Å². The topological polar surface area (TPSA) is 71.1 Å². The van der Waals surface area contributed by atoms with Gasteiger partial charge in [-0.3, -0.25) is 0 Å². The van der Waals surface area contributed by atoms with Crippen LogP contribution in [0.25, 0.3) is 0 Å². The summed E-state index contributed by atoms with van der Waals surface area (Å²) in [6.07, 6.45) is 0. The molecule has 0 aliphatic heterocycles. The molecule has 4 nitrogen and oxygen atoms in total. The Labute approximate surface area is 80.9 Å². The molecule has 0 amide bonds. The van der Waals surface area contributed by atoms with E-state index < -0.39 is 0 Å². The lowest BCUT2D eigenvalue weighted by Gasteiger charge is -2.03. The predicted octanol–water partition coefficient (Wildman–Crippen LogP) is 1.64. The van der Waals surface area contributed by atoms with E-state index in [0.717, 1.165) is 11.5 Å². The number of thiophene rings is 1. The molecule has 1 heterocycles. The number of hydrogen-bond donors (Lipinski definition) is 2. The van der Waals surface area contributed by atoms with Gasteiger partial charge < -0.3 is 15.8 Å². The zero-order valence-electron chi connectivity index (χ0n) is 7.55. The highest BCUT2D eigenvalue weighted by Crippen LogP contribution is 2.41. The molecule has 0 saturated carbocycles. The zero-order valence-corrected chi connectivity index (χ0v) is 8.36. The number of methoxy groups -OCH3 is 1. The van der Waals surface area contributed by atoms with Gasteiger partial charge in [0.25, 0.3) is 0 Å². The maximum absolute atomic E-state index is 8.72. The normalized spacial score (nSPS) is 9.31. The van der Waals surface area contributed by atoms with Gasteiger partial charge in [0.15, 0.2) is 5.75 Å². The van der Waals surface area contributed by atoms with E-state index in [1.54, 1.807) is 7.11 Å². The summed E-state index contributed by atoms with van der Waals surface area (Å²) in [6, 6.07) is 2.02. The molecule has 3 N–H and O–H groups in total. The Morgan fingerprint density at radius 1 is 1.69 bits per heavy atom. The standard InChI is InChI=1S/C8H11N3OS/c1-3-11-8-7(12-2)6(10)5(4-9)13-8/h11H,3,10H2,1-2H3. The Kier molecular flexibility index (Phi) is 2.98. The average Bonchev–Trinajstić information content (AvgIpc) is 2.43. The second-order valence-corrected chi connectivity index (χ2v) is 3.37. The highest BCUT2D eigenvalue weighted by atomic mass is 32.1. The van der Waals surface area contributed by atoms with Crippen LogP contribution in [0.4, 0.5) is 10.7 Å². The molecule has 1 rings (SSSR count). The third-order valence-corrected chi connectivity index (χ3v) is 2.59. The monoisotopic (exact) mass is 197 g/mol. The number of anilines is 2. The van der Waals surface area contributed by atoms with Crippen molar-refractivity contribution < 1.29 is 4.74 Å². The van der Waals surface area contributed by atoms with Crippen LogP contribution in [-0.2, 0) is 0 Å². The van der Waals surface area contributed by atoms with Crippen molar-refractivity contribution in [1.29, 1.82) is 5.26 Å². The van der Waals surface area contributed by atoms with E-state index in [4.69, 9.17) is 15.7 Å². The lowest BCUT2D eigenvalue weighted by atomic mass is 10.4. The molecule has 0 aliphatic carbocycles. The molecular formula is C8H11N3OS. The molecule has 13 heavy (non-hydrogen) atoms. The first-order valence-corrected chi connectivity index (χ1v) is 4.66. The molecule has 1 aromatic rings. The molecule has 0 bridgehead atoms. The number of hydrogen-bond acceptors (Lipinski definition) is 5. The van der Waals surface area contributed by atoms with Gasteiger partial charge in [0, 0.05) is 6.54 Å². The minimum atomic E-state index is 0.422. The van der Waals surface area contributed by atoms with Crippen molar-refractivity contribution in [2.24, 2.45) is 0 Å². The van der Waals surface area contributed by atoms with Crippen molar-refractivity contribution in [2.45, 2.75) is 6.92 Å². The first-order chi connectivity index (χ1) is 6.24. The number of ether oxygens (including phenoxy) is 1. The summed E-state index contributed by atoms with van der Waals surface area (Å²) in [4.78, 5) is 0.493. The largest absolute Gasteiger partial charge is 0.492 e. The fourth-order valence-corrected chi connectivity index (χ4v) is 1.95. The summed E-state index contributed by atoms with van der Waals surface area (Å²) in [6.45, 7) is 2.75. The molecule has 1 aromatic heterocycles. The maximum Gasteiger partial charge on any atom is 0.177 e. The van der Waals surface area contributed by atoms with Gasteiger partial charge in [0.1, 0.15) is 21.6 Å². The van der Waals surface area contributed by atoms with Crippen LogP contribution in [0.2, 0.25) is 0 Å². The average molecular weight is 197 g/mol. The lowest BCUT2D eigenvalue weighted by Crippen LogP contribution is -1.97. The third kappa shape index (κ3) is 1.68. The lowest BCUT2D eigenvalue weighted by molar-refractivity contribution is 0.420. The number of nitrogens with one attached hydrogen (secondary N) is 1. The molecule has 0 aromatic carbocycles. The van der Waals surface area contributed by atoms with E-state index in [-0.39, 0.29) is 0 Å². The van der Waals surface area contributed by atoms with Gasteiger partial charge in [0.2, 0.25) is 0 Å². The number of nitrogens with two attached hydrogens (primary N) is 1. The first-order valence-electron chi connectivity index (χ1n) is 3.84. The van der Waals surface area contributed by atoms with Crippen LogP contribution in [-0.4, -0.2) is 13.7 Å². The highest BCUT2D eigenvalue weighted by molar-refractivity contribution is 7.17. The van der Waals surface area contributed by atoms with Crippen molar-refractivity contribution in [3.05, 3.63) is 4.88 Å². The Hall–Kier alpha value is -1.41. The highest BCUT2D eigenvalue weighted by Gasteiger charge is 2.15. The van der Waals surface area contributed by atoms with Gasteiger partial charge in [-0.2, -0.15) is 5.26 Å². The van der Waals surface area contributed by atoms with E-state index >= 15 is 0 Å². The van der Waals surface area contributed by atoms with Gasteiger partial charge in [-0.05, 0) is 6.92 Å². The smallest absolute Gasteiger partial charge is 0.177 e. The molecule has 70 valence electrons. The van der Waals surface area contributed by atoms with Crippen LogP contribution >= 0.6 is 11.3 Å². The first kappa shape index (κ1) is 9.68. The van der Waals surface area contributed by atoms with Gasteiger partial charge in [-0.15, -0.1) is 11.3 Å². The van der Waals surface area contributed by atoms with E-state index in [0.29, 0.717) is 16.3 Å². The van der Waals surface area contributed by atoms with Crippen LogP contribution in [0.3, 0.4) is 0 Å². The zero-order chi connectivity index (χ0) is 9.84. The minimum absolute atomic E-state index is 0.422. The summed E-state index contributed by atoms with van der Waals surface area (Å²) in [7, 11) is 1.54. The van der Waals surface area contributed by atoms with Crippen molar-refractivity contribution in [3.63, 3.8) is 0 Å². The molecule has 0 atom stereocenters. The Bertz CT molecular complexity index is 340. The molecular weight excluding hydrogens is 186 g/mol. The van der Waals surface area contributed by atoms with Gasteiger partial charge in [0.05, 0.1) is 7.11 Å². The summed E-state index contributed by atoms with van der Waals surface area (Å²) >= 11 is 1.31. The van der Waals surface area contributed by atoms with E-state index in [9.17, 15) is 0 Å². The summed E-state index contributed by atoms with van der Waals surface area (Å²) in [5.41, 5.74) is 6.10. The Morgan fingerprint density at radius 3 is 2.85 bits per heavy atom. The van der Waals surface area contributed by atoms with Gasteiger partial charge in [-0.1, -0.05) is 0 Å². The number of nitrogen functional groups attached to an aromatic ring is 1. The quantitative estimate of drug-likeness (QED) is 0.772. The van der Waals surface area contributed by atoms with Gasteiger partial charge >= 0.3 is 0 Å². The van der Waals surface area contributed by atoms with Gasteiger partial charge in [-0.25, -0.2) is 0 Å². The molecule has 0 radical (unpaired) electrons. The number of nitriles is 1. The summed E-state index contributed by atoms with van der Waals surface area (Å²) in [5, 5.41) is 12.6. The minimum Gasteiger partial charge on any atom is -0.492 e. The van der Waals surface area contributed by atoms with Crippen LogP contribution in [0.15, 0.2) is 0 Å². The molecule has 0 fully saturated rings. The molecule has 5 heteroatoms. The number of nitrogens with zero attached hydrogens (tertiary/aromatic N) is 1. The van der Waals surface area contributed by atoms with Crippen molar-refractivity contribution in [2.75, 3.05) is 24.7 Å². The predicted molar refractivity (Wildman–Crippen MR) is 54.2 cm³/mol. The van der Waals surface area contributed by atoms with Crippen LogP contribution in [0.1, 0.15) is 11.8 Å². The van der Waals surface area contributed by atoms with Crippen LogP contribution < -0.4 is 15.8 Å².